The number of thioether (sulfide) groups is 1. The number of carbonyl (C=O) groups is 1. The SMILES string of the molecule is NC(N)=NCCC[C@H](N)C(=O)SC=S. The van der Waals surface area contributed by atoms with Gasteiger partial charge in [-0.25, -0.2) is 0 Å². The van der Waals surface area contributed by atoms with E-state index in [1.165, 1.54) is 4.70 Å². The molecule has 0 saturated heterocycles. The first-order chi connectivity index (χ1) is 6.57. The Hall–Kier alpha value is -0.660. The highest BCUT2D eigenvalue weighted by molar-refractivity contribution is 8.31. The quantitative estimate of drug-likeness (QED) is 0.249. The van der Waals surface area contributed by atoms with Crippen LogP contribution in [-0.4, -0.2) is 28.4 Å². The van der Waals surface area contributed by atoms with E-state index < -0.39 is 6.04 Å². The number of guanidine groups is 1. The van der Waals surface area contributed by atoms with Crippen molar-refractivity contribution in [2.45, 2.75) is 18.9 Å². The lowest BCUT2D eigenvalue weighted by molar-refractivity contribution is -0.112. The van der Waals surface area contributed by atoms with Crippen LogP contribution in [0.3, 0.4) is 0 Å². The van der Waals surface area contributed by atoms with E-state index in [1.807, 2.05) is 0 Å². The molecule has 5 nitrogen and oxygen atoms in total. The molecule has 1 atom stereocenters. The summed E-state index contributed by atoms with van der Waals surface area (Å²) in [6.45, 7) is 0.492. The van der Waals surface area contributed by atoms with Crippen molar-refractivity contribution in [3.63, 3.8) is 0 Å². The summed E-state index contributed by atoms with van der Waals surface area (Å²) in [5, 5.41) is -0.121. The summed E-state index contributed by atoms with van der Waals surface area (Å²) in [5.41, 5.74) is 15.8. The minimum Gasteiger partial charge on any atom is -0.370 e. The maximum atomic E-state index is 11.1. The minimum absolute atomic E-state index is 0.0539. The van der Waals surface area contributed by atoms with Crippen molar-refractivity contribution in [2.24, 2.45) is 22.2 Å². The summed E-state index contributed by atoms with van der Waals surface area (Å²) in [6.07, 6.45) is 1.24. The molecule has 0 aromatic carbocycles. The van der Waals surface area contributed by atoms with Gasteiger partial charge in [0.15, 0.2) is 5.96 Å². The van der Waals surface area contributed by atoms with E-state index in [2.05, 4.69) is 17.2 Å². The number of rotatable bonds is 6. The second-order valence-corrected chi connectivity index (χ2v) is 4.00. The van der Waals surface area contributed by atoms with Crippen LogP contribution < -0.4 is 17.2 Å². The molecule has 0 rings (SSSR count). The van der Waals surface area contributed by atoms with Gasteiger partial charge in [-0.15, -0.1) is 0 Å². The van der Waals surface area contributed by atoms with Crippen LogP contribution >= 0.6 is 24.0 Å². The lowest BCUT2D eigenvalue weighted by Gasteiger charge is -2.06. The molecular weight excluding hydrogens is 220 g/mol. The summed E-state index contributed by atoms with van der Waals surface area (Å²) in [4.78, 5) is 14.9. The van der Waals surface area contributed by atoms with Crippen molar-refractivity contribution in [2.75, 3.05) is 6.54 Å². The maximum Gasteiger partial charge on any atom is 0.210 e. The molecule has 0 aromatic heterocycles. The fourth-order valence-electron chi connectivity index (χ4n) is 0.772. The number of thiocarbonyl (C=S) groups is 1. The minimum atomic E-state index is -0.492. The number of carbonyl (C=O) groups excluding carboxylic acids is 1. The van der Waals surface area contributed by atoms with Gasteiger partial charge in [-0.3, -0.25) is 9.79 Å². The monoisotopic (exact) mass is 234 g/mol. The number of hydrogen-bond acceptors (Lipinski definition) is 5. The molecule has 14 heavy (non-hydrogen) atoms. The third kappa shape index (κ3) is 6.81. The zero-order valence-electron chi connectivity index (χ0n) is 7.68. The van der Waals surface area contributed by atoms with Gasteiger partial charge in [-0.05, 0) is 24.6 Å². The molecule has 0 radical (unpaired) electrons. The number of hydrogen-bond donors (Lipinski definition) is 3. The lowest BCUT2D eigenvalue weighted by Crippen LogP contribution is -2.28. The second-order valence-electron chi connectivity index (χ2n) is 2.59. The standard InChI is InChI=1S/C7H14N4OS2/c8-5(6(12)14-4-13)2-1-3-11-7(9)10/h4-5H,1-3,8H2,(H4,9,10,11)/t5-/m0/s1. The van der Waals surface area contributed by atoms with Gasteiger partial charge in [-0.1, -0.05) is 12.2 Å². The molecule has 0 amide bonds. The zero-order valence-corrected chi connectivity index (χ0v) is 9.31. The van der Waals surface area contributed by atoms with Gasteiger partial charge in [0.1, 0.15) is 0 Å². The molecule has 0 aromatic rings. The molecule has 0 heterocycles. The Morgan fingerprint density at radius 2 is 2.21 bits per heavy atom. The number of nitrogens with zero attached hydrogens (tertiary/aromatic N) is 1. The Kier molecular flexibility index (Phi) is 7.35. The zero-order chi connectivity index (χ0) is 11.0. The third-order valence-electron chi connectivity index (χ3n) is 1.43. The van der Waals surface area contributed by atoms with Crippen LogP contribution in [0.4, 0.5) is 0 Å². The predicted molar refractivity (Wildman–Crippen MR) is 64.1 cm³/mol. The van der Waals surface area contributed by atoms with E-state index in [1.54, 1.807) is 0 Å². The van der Waals surface area contributed by atoms with Crippen molar-refractivity contribution in [1.29, 1.82) is 0 Å². The fourth-order valence-corrected chi connectivity index (χ4v) is 1.44. The Morgan fingerprint density at radius 1 is 1.57 bits per heavy atom. The van der Waals surface area contributed by atoms with Gasteiger partial charge in [-0.2, -0.15) is 0 Å². The van der Waals surface area contributed by atoms with E-state index in [0.717, 1.165) is 11.8 Å². The molecule has 0 aliphatic carbocycles. The molecule has 0 unspecified atom stereocenters. The van der Waals surface area contributed by atoms with E-state index in [-0.39, 0.29) is 11.1 Å². The van der Waals surface area contributed by atoms with Gasteiger partial charge in [0.05, 0.1) is 6.04 Å². The average molecular weight is 234 g/mol. The molecular formula is C7H14N4OS2. The van der Waals surface area contributed by atoms with Crippen LogP contribution in [0.1, 0.15) is 12.8 Å². The van der Waals surface area contributed by atoms with E-state index in [4.69, 9.17) is 17.2 Å². The Morgan fingerprint density at radius 3 is 2.71 bits per heavy atom. The highest BCUT2D eigenvalue weighted by Crippen LogP contribution is 2.05. The summed E-state index contributed by atoms with van der Waals surface area (Å²) in [6, 6.07) is -0.492. The largest absolute Gasteiger partial charge is 0.370 e. The topological polar surface area (TPSA) is 107 Å². The first kappa shape index (κ1) is 13.3. The van der Waals surface area contributed by atoms with Gasteiger partial charge < -0.3 is 17.2 Å². The molecule has 0 saturated carbocycles. The van der Waals surface area contributed by atoms with Crippen LogP contribution in [-0.2, 0) is 4.79 Å². The average Bonchev–Trinajstić information content (AvgIpc) is 2.12. The lowest BCUT2D eigenvalue weighted by atomic mass is 10.2. The van der Waals surface area contributed by atoms with Crippen LogP contribution in [0.25, 0.3) is 0 Å². The van der Waals surface area contributed by atoms with Gasteiger partial charge in [0.2, 0.25) is 5.12 Å². The molecule has 0 aliphatic rings. The molecule has 0 fully saturated rings. The highest BCUT2D eigenvalue weighted by atomic mass is 32.2. The van der Waals surface area contributed by atoms with Crippen LogP contribution in [0.2, 0.25) is 0 Å². The number of nitrogens with two attached hydrogens (primary N) is 3. The Labute approximate surface area is 92.5 Å². The normalized spacial score (nSPS) is 11.8. The first-order valence-corrected chi connectivity index (χ1v) is 5.38. The number of aliphatic imine (C=N–C) groups is 1. The summed E-state index contributed by atoms with van der Waals surface area (Å²) >= 11 is 5.47. The Bertz CT molecular complexity index is 228. The van der Waals surface area contributed by atoms with E-state index in [0.29, 0.717) is 19.4 Å². The molecule has 0 bridgehead atoms. The van der Waals surface area contributed by atoms with Crippen LogP contribution in [0.15, 0.2) is 4.99 Å². The van der Waals surface area contributed by atoms with Gasteiger partial charge in [0.25, 0.3) is 0 Å². The van der Waals surface area contributed by atoms with Crippen LogP contribution in [0, 0.1) is 0 Å². The third-order valence-corrected chi connectivity index (χ3v) is 2.35. The highest BCUT2D eigenvalue weighted by Gasteiger charge is 2.11. The van der Waals surface area contributed by atoms with Crippen molar-refractivity contribution in [3.05, 3.63) is 0 Å². The Balaban J connectivity index is 3.63. The van der Waals surface area contributed by atoms with E-state index in [9.17, 15) is 4.79 Å². The van der Waals surface area contributed by atoms with Crippen LogP contribution in [0.5, 0.6) is 0 Å². The van der Waals surface area contributed by atoms with Crippen molar-refractivity contribution in [3.8, 4) is 0 Å². The predicted octanol–water partition coefficient (Wildman–Crippen LogP) is -0.416. The summed E-state index contributed by atoms with van der Waals surface area (Å²) in [5.74, 6) is 0.0539. The molecule has 0 spiro atoms. The van der Waals surface area contributed by atoms with Crippen molar-refractivity contribution < 1.29 is 4.79 Å². The molecule has 7 heteroatoms. The molecule has 6 N–H and O–H groups in total. The maximum absolute atomic E-state index is 11.1. The van der Waals surface area contributed by atoms with Gasteiger partial charge in [0, 0.05) is 11.2 Å². The first-order valence-electron chi connectivity index (χ1n) is 4.03. The van der Waals surface area contributed by atoms with E-state index >= 15 is 0 Å². The summed E-state index contributed by atoms with van der Waals surface area (Å²) in [7, 11) is 0. The molecule has 0 aliphatic heterocycles. The van der Waals surface area contributed by atoms with Crippen molar-refractivity contribution >= 4 is 39.8 Å². The fraction of sp³-hybridized carbons (Fsp3) is 0.571. The second kappa shape index (κ2) is 7.72. The smallest absolute Gasteiger partial charge is 0.210 e. The summed E-state index contributed by atoms with van der Waals surface area (Å²) < 4.78 is 1.30. The molecule has 80 valence electrons. The van der Waals surface area contributed by atoms with Gasteiger partial charge >= 0.3 is 0 Å². The van der Waals surface area contributed by atoms with Crippen molar-refractivity contribution in [1.82, 2.24) is 0 Å².